The van der Waals surface area contributed by atoms with Crippen LogP contribution in [0.2, 0.25) is 0 Å². The molecule has 2 aromatic carbocycles. The summed E-state index contributed by atoms with van der Waals surface area (Å²) in [5.41, 5.74) is 0.0225. The summed E-state index contributed by atoms with van der Waals surface area (Å²) < 4.78 is 25.5. The van der Waals surface area contributed by atoms with Crippen LogP contribution in [0.5, 0.6) is 0 Å². The van der Waals surface area contributed by atoms with E-state index in [1.165, 1.54) is 36.4 Å². The third-order valence-corrected chi connectivity index (χ3v) is 6.29. The van der Waals surface area contributed by atoms with Gasteiger partial charge in [-0.2, -0.15) is 8.94 Å². The fourth-order valence-electron chi connectivity index (χ4n) is 2.07. The fourth-order valence-corrected chi connectivity index (χ4v) is 4.87. The first-order valence-electron chi connectivity index (χ1n) is 6.12. The van der Waals surface area contributed by atoms with E-state index >= 15 is 0 Å². The van der Waals surface area contributed by atoms with E-state index in [4.69, 9.17) is 5.21 Å². The van der Waals surface area contributed by atoms with Gasteiger partial charge >= 0.3 is 0 Å². The number of rotatable bonds is 3. The van der Waals surface area contributed by atoms with Crippen LogP contribution in [0.25, 0.3) is 0 Å². The van der Waals surface area contributed by atoms with Gasteiger partial charge in [0.05, 0.1) is 10.5 Å². The number of benzene rings is 2. The molecule has 0 aliphatic carbocycles. The molecule has 0 fully saturated rings. The molecule has 1 amide bonds. The lowest BCUT2D eigenvalue weighted by Crippen LogP contribution is -2.99. The molecule has 3 rings (SSSR count). The molecule has 1 heterocycles. The van der Waals surface area contributed by atoms with Crippen LogP contribution < -0.4 is 5.23 Å². The summed E-state index contributed by atoms with van der Waals surface area (Å²) in [6.07, 6.45) is 0. The first kappa shape index (κ1) is 15.0. The molecule has 1 atom stereocenters. The predicted molar refractivity (Wildman–Crippen MR) is 77.9 cm³/mol. The first-order valence-corrected chi connectivity index (χ1v) is 8.33. The van der Waals surface area contributed by atoms with Gasteiger partial charge in [0.15, 0.2) is 5.69 Å². The van der Waals surface area contributed by atoms with Crippen molar-refractivity contribution < 1.29 is 23.6 Å². The normalized spacial score (nSPS) is 17.4. The maximum absolute atomic E-state index is 12.4. The average molecular weight is 338 g/mol. The lowest BCUT2D eigenvalue weighted by molar-refractivity contribution is -0.992. The Morgan fingerprint density at radius 3 is 2.41 bits per heavy atom. The molecule has 114 valence electrons. The molecule has 1 unspecified atom stereocenters. The summed E-state index contributed by atoms with van der Waals surface area (Å²) in [7, 11) is -3.98. The molecule has 0 saturated carbocycles. The monoisotopic (exact) mass is 338 g/mol. The van der Waals surface area contributed by atoms with Crippen LogP contribution in [0.4, 0.5) is 5.69 Å². The van der Waals surface area contributed by atoms with E-state index in [1.807, 2.05) is 0 Å². The minimum atomic E-state index is -3.98. The summed E-state index contributed by atoms with van der Waals surface area (Å²) in [6, 6.07) is 11.8. The largest absolute Gasteiger partial charge is 0.595 e. The number of sulfonamides is 1. The van der Waals surface area contributed by atoms with Crippen LogP contribution in [0.1, 0.15) is 10.4 Å². The number of fused-ring (bicyclic) bond motifs is 1. The molecule has 0 radical (unpaired) electrons. The molecule has 1 aliphatic heterocycles. The van der Waals surface area contributed by atoms with Gasteiger partial charge in [-0.1, -0.05) is 24.3 Å². The third kappa shape index (κ3) is 2.28. The van der Waals surface area contributed by atoms with Crippen molar-refractivity contribution in [1.29, 1.82) is 0 Å². The quantitative estimate of drug-likeness (QED) is 0.638. The Labute approximate surface area is 130 Å². The van der Waals surface area contributed by atoms with Crippen molar-refractivity contribution in [2.24, 2.45) is 0 Å². The Kier molecular flexibility index (Phi) is 3.67. The number of nitrogens with zero attached hydrogens (tertiary/aromatic N) is 1. The zero-order valence-corrected chi connectivity index (χ0v) is 12.6. The molecule has 22 heavy (non-hydrogen) atoms. The van der Waals surface area contributed by atoms with Crippen LogP contribution in [-0.4, -0.2) is 23.2 Å². The maximum Gasteiger partial charge on any atom is 0.279 e. The van der Waals surface area contributed by atoms with Gasteiger partial charge in [0, 0.05) is 18.0 Å². The fraction of sp³-hybridized carbons (Fsp3) is 0. The molecule has 0 spiro atoms. The van der Waals surface area contributed by atoms with Crippen LogP contribution >= 0.6 is 11.9 Å². The van der Waals surface area contributed by atoms with Crippen molar-refractivity contribution in [1.82, 2.24) is 3.71 Å². The molecule has 7 nitrogen and oxygen atoms in total. The molecule has 0 saturated heterocycles. The smallest absolute Gasteiger partial charge is 0.279 e. The van der Waals surface area contributed by atoms with Gasteiger partial charge in [-0.3, -0.25) is 4.79 Å². The van der Waals surface area contributed by atoms with Gasteiger partial charge in [-0.15, -0.1) is 0 Å². The number of carbonyl (C=O) groups is 1. The SMILES string of the molecule is O=C1c2ccccc2S(=O)(=O)N1Sc1ccccc1[NH+]([O-])O. The highest BCUT2D eigenvalue weighted by Crippen LogP contribution is 2.39. The second-order valence-corrected chi connectivity index (χ2v) is 7.40. The van der Waals surface area contributed by atoms with Crippen molar-refractivity contribution in [2.45, 2.75) is 9.79 Å². The van der Waals surface area contributed by atoms with E-state index in [1.54, 1.807) is 12.1 Å². The van der Waals surface area contributed by atoms with Crippen molar-refractivity contribution in [3.63, 3.8) is 0 Å². The van der Waals surface area contributed by atoms with Crippen molar-refractivity contribution >= 4 is 33.6 Å². The number of para-hydroxylation sites is 1. The number of carbonyl (C=O) groups excluding carboxylic acids is 1. The minimum Gasteiger partial charge on any atom is -0.595 e. The molecule has 0 bridgehead atoms. The van der Waals surface area contributed by atoms with Crippen LogP contribution in [0.3, 0.4) is 0 Å². The Hall–Kier alpha value is -1.91. The molecular formula is C13H10N2O5S2. The van der Waals surface area contributed by atoms with E-state index in [0.717, 1.165) is 0 Å². The van der Waals surface area contributed by atoms with E-state index in [0.29, 0.717) is 15.7 Å². The van der Waals surface area contributed by atoms with E-state index in [9.17, 15) is 18.4 Å². The third-order valence-electron chi connectivity index (χ3n) is 3.08. The van der Waals surface area contributed by atoms with Crippen molar-refractivity contribution in [3.05, 3.63) is 59.3 Å². The Morgan fingerprint density at radius 2 is 1.73 bits per heavy atom. The number of quaternary nitrogens is 1. The first-order chi connectivity index (χ1) is 10.4. The topological polar surface area (TPSA) is 102 Å². The van der Waals surface area contributed by atoms with Gasteiger partial charge in [-0.25, -0.2) is 13.6 Å². The highest BCUT2D eigenvalue weighted by atomic mass is 32.3. The molecule has 2 N–H and O–H groups in total. The number of hydrogen-bond acceptors (Lipinski definition) is 6. The van der Waals surface area contributed by atoms with Gasteiger partial charge < -0.3 is 5.21 Å². The van der Waals surface area contributed by atoms with Gasteiger partial charge in [0.1, 0.15) is 4.90 Å². The van der Waals surface area contributed by atoms with E-state index in [-0.39, 0.29) is 21.0 Å². The number of nitrogens with one attached hydrogen (secondary N) is 1. The molecule has 1 aliphatic rings. The highest BCUT2D eigenvalue weighted by Gasteiger charge is 2.42. The Morgan fingerprint density at radius 1 is 1.09 bits per heavy atom. The highest BCUT2D eigenvalue weighted by molar-refractivity contribution is 8.09. The number of hydrogen-bond donors (Lipinski definition) is 2. The van der Waals surface area contributed by atoms with Gasteiger partial charge in [0.2, 0.25) is 0 Å². The lowest BCUT2D eigenvalue weighted by Gasteiger charge is -2.18. The molecule has 0 aromatic heterocycles. The lowest BCUT2D eigenvalue weighted by atomic mass is 10.2. The maximum atomic E-state index is 12.4. The van der Waals surface area contributed by atoms with E-state index < -0.39 is 21.2 Å². The van der Waals surface area contributed by atoms with Crippen LogP contribution in [-0.2, 0) is 10.0 Å². The zero-order chi connectivity index (χ0) is 15.9. The molecule has 9 heteroatoms. The zero-order valence-electron chi connectivity index (χ0n) is 11.0. The number of amides is 1. The second-order valence-electron chi connectivity index (χ2n) is 4.43. The summed E-state index contributed by atoms with van der Waals surface area (Å²) in [6.45, 7) is 0. The molecular weight excluding hydrogens is 328 g/mol. The Bertz CT molecular complexity index is 851. The van der Waals surface area contributed by atoms with Crippen LogP contribution in [0, 0.1) is 5.21 Å². The standard InChI is InChI=1S/C13H10N2O5S2/c16-13-9-5-1-4-8-12(9)22(19,20)15(13)21-11-7-3-2-6-10(11)14(17)18/h1-8,14,17H. The van der Waals surface area contributed by atoms with Gasteiger partial charge in [-0.05, 0) is 18.2 Å². The predicted octanol–water partition coefficient (Wildman–Crippen LogP) is 0.942. The summed E-state index contributed by atoms with van der Waals surface area (Å²) in [5.74, 6) is -0.680. The van der Waals surface area contributed by atoms with Crippen molar-refractivity contribution in [3.8, 4) is 0 Å². The minimum absolute atomic E-state index is 0.0635. The van der Waals surface area contributed by atoms with Gasteiger partial charge in [0.25, 0.3) is 15.9 Å². The van der Waals surface area contributed by atoms with E-state index in [2.05, 4.69) is 0 Å². The summed E-state index contributed by atoms with van der Waals surface area (Å²) >= 11 is 0.593. The summed E-state index contributed by atoms with van der Waals surface area (Å²) in [4.78, 5) is 12.4. The average Bonchev–Trinajstić information content (AvgIpc) is 2.69. The second kappa shape index (κ2) is 5.38. The van der Waals surface area contributed by atoms with Crippen molar-refractivity contribution in [2.75, 3.05) is 0 Å². The Balaban J connectivity index is 2.04. The summed E-state index contributed by atoms with van der Waals surface area (Å²) in [5, 5.41) is 19.1. The molecule has 2 aromatic rings. The van der Waals surface area contributed by atoms with Crippen LogP contribution in [0.15, 0.2) is 58.3 Å².